The average Bonchev–Trinajstić information content (AvgIpc) is 3.12. The van der Waals surface area contributed by atoms with E-state index < -0.39 is 28.5 Å². The van der Waals surface area contributed by atoms with Gasteiger partial charge in [0.25, 0.3) is 16.8 Å². The smallest absolute Gasteiger partial charge is 0.294 e. The predicted octanol–water partition coefficient (Wildman–Crippen LogP) is 5.12. The molecule has 1 saturated heterocycles. The second kappa shape index (κ2) is 11.1. The van der Waals surface area contributed by atoms with Crippen molar-refractivity contribution >= 4 is 57.9 Å². The number of nitrogens with one attached hydrogen (secondary N) is 1. The molecule has 0 spiro atoms. The Kier molecular flexibility index (Phi) is 7.70. The van der Waals surface area contributed by atoms with Crippen molar-refractivity contribution in [2.45, 2.75) is 0 Å². The highest BCUT2D eigenvalue weighted by molar-refractivity contribution is 8.18. The maximum atomic E-state index is 12.8. The molecule has 0 bridgehead atoms. The largest absolute Gasteiger partial charge is 0.493 e. The number of aromatic nitrogens is 1. The van der Waals surface area contributed by atoms with E-state index in [1.807, 2.05) is 0 Å². The van der Waals surface area contributed by atoms with E-state index in [0.717, 1.165) is 11.1 Å². The first-order chi connectivity index (χ1) is 17.7. The van der Waals surface area contributed by atoms with Crippen LogP contribution in [0.5, 0.6) is 17.4 Å². The van der Waals surface area contributed by atoms with Crippen molar-refractivity contribution in [1.29, 1.82) is 0 Å². The Bertz CT molecular complexity index is 1430. The molecule has 4 rings (SSSR count). The maximum Gasteiger partial charge on any atom is 0.294 e. The molecule has 0 unspecified atom stereocenters. The minimum atomic E-state index is -0.606. The Morgan fingerprint density at radius 1 is 1.19 bits per heavy atom. The SMILES string of the molecule is COc1cc(/C=C2/SC(=O)N(CC(=O)Nc3cccc(Cl)c3)C2=O)ccc1Oc1ccc([N+](=O)[O-])cn1. The van der Waals surface area contributed by atoms with Crippen LogP contribution in [-0.2, 0) is 9.59 Å². The molecule has 1 N–H and O–H groups in total. The zero-order chi connectivity index (χ0) is 26.5. The molecule has 0 aliphatic carbocycles. The second-order valence-corrected chi connectivity index (χ2v) is 8.88. The summed E-state index contributed by atoms with van der Waals surface area (Å²) < 4.78 is 11.0. The number of carbonyl (C=O) groups is 3. The minimum absolute atomic E-state index is 0.119. The van der Waals surface area contributed by atoms with Crippen LogP contribution in [0, 0.1) is 10.1 Å². The number of hydrogen-bond donors (Lipinski definition) is 1. The third kappa shape index (κ3) is 6.23. The molecular formula is C24H17ClN4O7S. The highest BCUT2D eigenvalue weighted by Gasteiger charge is 2.36. The number of imide groups is 1. The third-order valence-electron chi connectivity index (χ3n) is 4.92. The number of ether oxygens (including phenoxy) is 2. The zero-order valence-corrected chi connectivity index (χ0v) is 20.6. The van der Waals surface area contributed by atoms with Gasteiger partial charge in [0.15, 0.2) is 11.5 Å². The lowest BCUT2D eigenvalue weighted by atomic mass is 10.2. The fraction of sp³-hybridized carbons (Fsp3) is 0.0833. The molecule has 1 fully saturated rings. The normalized spacial score (nSPS) is 14.1. The van der Waals surface area contributed by atoms with Gasteiger partial charge in [0, 0.05) is 22.8 Å². The van der Waals surface area contributed by atoms with Crippen molar-refractivity contribution in [1.82, 2.24) is 9.88 Å². The number of nitrogens with zero attached hydrogens (tertiary/aromatic N) is 3. The Labute approximate surface area is 219 Å². The highest BCUT2D eigenvalue weighted by atomic mass is 35.5. The van der Waals surface area contributed by atoms with Crippen LogP contribution in [-0.4, -0.2) is 45.5 Å². The quantitative estimate of drug-likeness (QED) is 0.234. The molecule has 1 aliphatic heterocycles. The number of hydrogen-bond acceptors (Lipinski definition) is 9. The minimum Gasteiger partial charge on any atom is -0.493 e. The van der Waals surface area contributed by atoms with Crippen LogP contribution < -0.4 is 14.8 Å². The first-order valence-electron chi connectivity index (χ1n) is 10.5. The number of anilines is 1. The number of rotatable bonds is 8. The van der Waals surface area contributed by atoms with E-state index in [9.17, 15) is 24.5 Å². The molecule has 0 atom stereocenters. The van der Waals surface area contributed by atoms with E-state index in [-0.39, 0.29) is 22.2 Å². The van der Waals surface area contributed by atoms with Gasteiger partial charge in [-0.05, 0) is 53.7 Å². The molecule has 0 radical (unpaired) electrons. The van der Waals surface area contributed by atoms with Crippen molar-refractivity contribution in [3.63, 3.8) is 0 Å². The lowest BCUT2D eigenvalue weighted by Gasteiger charge is -2.12. The predicted molar refractivity (Wildman–Crippen MR) is 137 cm³/mol. The summed E-state index contributed by atoms with van der Waals surface area (Å²) in [6.45, 7) is -0.452. The van der Waals surface area contributed by atoms with Crippen LogP contribution in [0.4, 0.5) is 16.2 Å². The van der Waals surface area contributed by atoms with Gasteiger partial charge < -0.3 is 14.8 Å². The topological polar surface area (TPSA) is 141 Å². The summed E-state index contributed by atoms with van der Waals surface area (Å²) in [4.78, 5) is 52.7. The number of halogens is 1. The monoisotopic (exact) mass is 540 g/mol. The van der Waals surface area contributed by atoms with Crippen molar-refractivity contribution in [3.05, 3.63) is 86.4 Å². The summed E-state index contributed by atoms with van der Waals surface area (Å²) in [7, 11) is 1.42. The van der Waals surface area contributed by atoms with Gasteiger partial charge >= 0.3 is 0 Å². The first-order valence-corrected chi connectivity index (χ1v) is 11.7. The van der Waals surface area contributed by atoms with E-state index in [1.165, 1.54) is 25.3 Å². The van der Waals surface area contributed by atoms with Crippen LogP contribution in [0.25, 0.3) is 6.08 Å². The Balaban J connectivity index is 1.45. The Morgan fingerprint density at radius 3 is 2.68 bits per heavy atom. The van der Waals surface area contributed by atoms with Crippen LogP contribution in [0.3, 0.4) is 0 Å². The lowest BCUT2D eigenvalue weighted by Crippen LogP contribution is -2.36. The number of benzene rings is 2. The zero-order valence-electron chi connectivity index (χ0n) is 19.0. The molecule has 3 aromatic rings. The van der Waals surface area contributed by atoms with Gasteiger partial charge in [-0.15, -0.1) is 0 Å². The van der Waals surface area contributed by atoms with Gasteiger partial charge in [0.05, 0.1) is 16.9 Å². The first kappa shape index (κ1) is 25.7. The summed E-state index contributed by atoms with van der Waals surface area (Å²) in [6, 6.07) is 13.9. The summed E-state index contributed by atoms with van der Waals surface area (Å²) in [6.07, 6.45) is 2.57. The number of amides is 3. The molecule has 2 heterocycles. The summed E-state index contributed by atoms with van der Waals surface area (Å²) in [5.41, 5.74) is 0.804. The molecule has 1 aliphatic rings. The van der Waals surface area contributed by atoms with E-state index in [0.29, 0.717) is 33.8 Å². The van der Waals surface area contributed by atoms with Gasteiger partial charge in [-0.1, -0.05) is 23.7 Å². The van der Waals surface area contributed by atoms with Gasteiger partial charge in [0.1, 0.15) is 12.7 Å². The third-order valence-corrected chi connectivity index (χ3v) is 6.06. The summed E-state index contributed by atoms with van der Waals surface area (Å²) in [5.74, 6) is -0.450. The number of thioether (sulfide) groups is 1. The lowest BCUT2D eigenvalue weighted by molar-refractivity contribution is -0.385. The molecule has 37 heavy (non-hydrogen) atoms. The second-order valence-electron chi connectivity index (χ2n) is 7.45. The van der Waals surface area contributed by atoms with Gasteiger partial charge in [-0.2, -0.15) is 0 Å². The Morgan fingerprint density at radius 2 is 2.00 bits per heavy atom. The van der Waals surface area contributed by atoms with E-state index in [2.05, 4.69) is 10.3 Å². The molecule has 2 aromatic carbocycles. The molecule has 3 amide bonds. The highest BCUT2D eigenvalue weighted by Crippen LogP contribution is 2.36. The van der Waals surface area contributed by atoms with Crippen molar-refractivity contribution in [2.24, 2.45) is 0 Å². The van der Waals surface area contributed by atoms with Gasteiger partial charge in [-0.3, -0.25) is 29.4 Å². The Hall–Kier alpha value is -4.42. The van der Waals surface area contributed by atoms with Crippen molar-refractivity contribution in [3.8, 4) is 17.4 Å². The average molecular weight is 541 g/mol. The van der Waals surface area contributed by atoms with Crippen LogP contribution in [0.15, 0.2) is 65.7 Å². The molecule has 1 aromatic heterocycles. The van der Waals surface area contributed by atoms with Gasteiger partial charge in [0.2, 0.25) is 11.8 Å². The molecule has 0 saturated carbocycles. The number of carbonyl (C=O) groups excluding carboxylic acids is 3. The fourth-order valence-corrected chi connectivity index (χ4v) is 4.24. The number of nitro groups is 1. The van der Waals surface area contributed by atoms with Crippen molar-refractivity contribution in [2.75, 3.05) is 19.0 Å². The van der Waals surface area contributed by atoms with E-state index in [1.54, 1.807) is 42.5 Å². The standard InChI is InChI=1S/C24H17ClN4O7S/c1-35-19-9-14(5-7-18(19)36-22-8-6-17(12-26-22)29(33)34)10-20-23(31)28(24(32)37-20)13-21(30)27-16-4-2-3-15(25)11-16/h2-12H,13H2,1H3,(H,27,30)/b20-10+. The van der Waals surface area contributed by atoms with Crippen LogP contribution >= 0.6 is 23.4 Å². The molecule has 11 nitrogen and oxygen atoms in total. The van der Waals surface area contributed by atoms with E-state index >= 15 is 0 Å². The molecule has 188 valence electrons. The summed E-state index contributed by atoms with van der Waals surface area (Å²) >= 11 is 6.62. The van der Waals surface area contributed by atoms with E-state index in [4.69, 9.17) is 21.1 Å². The van der Waals surface area contributed by atoms with Crippen LogP contribution in [0.2, 0.25) is 5.02 Å². The maximum absolute atomic E-state index is 12.8. The molecular weight excluding hydrogens is 524 g/mol. The number of methoxy groups -OCH3 is 1. The fourth-order valence-electron chi connectivity index (χ4n) is 3.21. The van der Waals surface area contributed by atoms with Crippen LogP contribution in [0.1, 0.15) is 5.56 Å². The van der Waals surface area contributed by atoms with Gasteiger partial charge in [-0.25, -0.2) is 4.98 Å². The number of pyridine rings is 1. The summed E-state index contributed by atoms with van der Waals surface area (Å²) in [5, 5.41) is 13.2. The molecule has 13 heteroatoms. The van der Waals surface area contributed by atoms with Crippen molar-refractivity contribution < 1.29 is 28.8 Å².